The molecule has 0 fully saturated rings. The van der Waals surface area contributed by atoms with Gasteiger partial charge in [-0.05, 0) is 35.9 Å². The summed E-state index contributed by atoms with van der Waals surface area (Å²) >= 11 is 0. The van der Waals surface area contributed by atoms with Crippen molar-refractivity contribution in [3.8, 4) is 23.0 Å². The van der Waals surface area contributed by atoms with Crippen molar-refractivity contribution >= 4 is 12.2 Å². The van der Waals surface area contributed by atoms with E-state index in [1.54, 1.807) is 24.3 Å². The monoisotopic (exact) mass is 331 g/mol. The summed E-state index contributed by atoms with van der Waals surface area (Å²) in [5.41, 5.74) is 5.50. The van der Waals surface area contributed by atoms with Gasteiger partial charge in [0.1, 0.15) is 5.75 Å². The molecule has 2 amide bonds. The van der Waals surface area contributed by atoms with E-state index >= 15 is 0 Å². The molecule has 0 aromatic heterocycles. The zero-order valence-corrected chi connectivity index (χ0v) is 12.7. The lowest BCUT2D eigenvalue weighted by Gasteiger charge is -2.08. The van der Waals surface area contributed by atoms with Crippen LogP contribution in [0.2, 0.25) is 0 Å². The Morgan fingerprint density at radius 3 is 2.83 bits per heavy atom. The highest BCUT2D eigenvalue weighted by Gasteiger charge is 2.15. The minimum Gasteiger partial charge on any atom is -0.454 e. The number of carbonyl (C=O) groups excluding carboxylic acids is 1. The molecule has 0 aliphatic carbocycles. The van der Waals surface area contributed by atoms with Gasteiger partial charge >= 0.3 is 6.03 Å². The molecule has 2 N–H and O–H groups in total. The summed E-state index contributed by atoms with van der Waals surface area (Å²) in [5, 5.41) is 4.72. The van der Waals surface area contributed by atoms with E-state index in [9.17, 15) is 9.18 Å². The van der Waals surface area contributed by atoms with E-state index in [0.717, 1.165) is 5.01 Å². The summed E-state index contributed by atoms with van der Waals surface area (Å²) in [6.07, 6.45) is 1.32. The number of hydrogen-bond acceptors (Lipinski definition) is 5. The third kappa shape index (κ3) is 3.37. The summed E-state index contributed by atoms with van der Waals surface area (Å²) in [7, 11) is 1.40. The normalized spacial score (nSPS) is 12.4. The number of primary amides is 1. The van der Waals surface area contributed by atoms with Crippen LogP contribution >= 0.6 is 0 Å². The largest absolute Gasteiger partial charge is 0.454 e. The Morgan fingerprint density at radius 1 is 1.29 bits per heavy atom. The Bertz CT molecular complexity index is 810. The Balaban J connectivity index is 1.74. The first kappa shape index (κ1) is 15.6. The highest BCUT2D eigenvalue weighted by Crippen LogP contribution is 2.37. The maximum Gasteiger partial charge on any atom is 0.334 e. The summed E-state index contributed by atoms with van der Waals surface area (Å²) in [6.45, 7) is 0.154. The Hall–Kier alpha value is -3.29. The second-order valence-corrected chi connectivity index (χ2v) is 4.91. The zero-order valence-electron chi connectivity index (χ0n) is 12.7. The molecule has 2 aromatic rings. The van der Waals surface area contributed by atoms with Crippen molar-refractivity contribution in [3.63, 3.8) is 0 Å². The molecule has 2 aromatic carbocycles. The molecule has 7 nitrogen and oxygen atoms in total. The first-order valence-corrected chi connectivity index (χ1v) is 6.97. The van der Waals surface area contributed by atoms with Crippen LogP contribution in [0.1, 0.15) is 5.56 Å². The van der Waals surface area contributed by atoms with Crippen molar-refractivity contribution < 1.29 is 23.4 Å². The van der Waals surface area contributed by atoms with Crippen LogP contribution in [0.4, 0.5) is 9.18 Å². The third-order valence-corrected chi connectivity index (χ3v) is 3.23. The topological polar surface area (TPSA) is 86.4 Å². The average Bonchev–Trinajstić information content (AvgIpc) is 3.02. The maximum atomic E-state index is 14.1. The fourth-order valence-corrected chi connectivity index (χ4v) is 1.96. The maximum absolute atomic E-state index is 14.1. The van der Waals surface area contributed by atoms with Gasteiger partial charge in [-0.1, -0.05) is 0 Å². The number of amides is 2. The second-order valence-electron chi connectivity index (χ2n) is 4.91. The van der Waals surface area contributed by atoms with Crippen LogP contribution < -0.4 is 19.9 Å². The molecule has 0 saturated heterocycles. The number of rotatable bonds is 4. The molecule has 0 saturated carbocycles. The fraction of sp³-hybridized carbons (Fsp3) is 0.125. The third-order valence-electron chi connectivity index (χ3n) is 3.23. The number of urea groups is 1. The number of hydrogen-bond donors (Lipinski definition) is 1. The molecule has 0 spiro atoms. The molecule has 8 heteroatoms. The van der Waals surface area contributed by atoms with Gasteiger partial charge in [-0.25, -0.2) is 14.2 Å². The van der Waals surface area contributed by atoms with Crippen molar-refractivity contribution in [2.45, 2.75) is 0 Å². The van der Waals surface area contributed by atoms with Gasteiger partial charge in [-0.3, -0.25) is 0 Å². The van der Waals surface area contributed by atoms with E-state index in [4.69, 9.17) is 19.9 Å². The van der Waals surface area contributed by atoms with Gasteiger partial charge in [0, 0.05) is 13.1 Å². The average molecular weight is 331 g/mol. The predicted molar refractivity (Wildman–Crippen MR) is 84.0 cm³/mol. The van der Waals surface area contributed by atoms with E-state index in [1.165, 1.54) is 25.4 Å². The number of ether oxygens (including phenoxy) is 3. The summed E-state index contributed by atoms with van der Waals surface area (Å²) in [4.78, 5) is 10.8. The van der Waals surface area contributed by atoms with Crippen LogP contribution in [-0.2, 0) is 0 Å². The minimum absolute atomic E-state index is 0.0503. The Labute approximate surface area is 137 Å². The first-order chi connectivity index (χ1) is 11.5. The van der Waals surface area contributed by atoms with Crippen molar-refractivity contribution in [1.29, 1.82) is 0 Å². The number of fused-ring (bicyclic) bond motifs is 1. The highest BCUT2D eigenvalue weighted by molar-refractivity contribution is 5.81. The SMILES string of the molecule is CN(N=Cc1ccc(Oc2ccc3c(c2)OCO3)c(F)c1)C(N)=O. The van der Waals surface area contributed by atoms with Crippen molar-refractivity contribution in [3.05, 3.63) is 47.8 Å². The molecule has 24 heavy (non-hydrogen) atoms. The van der Waals surface area contributed by atoms with Gasteiger partial charge in [0.05, 0.1) is 6.21 Å². The standard InChI is InChI=1S/C16H14FN3O4/c1-20(16(18)21)19-8-10-2-4-13(12(17)6-10)24-11-3-5-14-15(7-11)23-9-22-14/h2-8H,9H2,1H3,(H2,18,21). The highest BCUT2D eigenvalue weighted by atomic mass is 19.1. The molecule has 0 bridgehead atoms. The van der Waals surface area contributed by atoms with E-state index in [-0.39, 0.29) is 12.5 Å². The number of carbonyl (C=O) groups is 1. The van der Waals surface area contributed by atoms with E-state index in [0.29, 0.717) is 22.8 Å². The van der Waals surface area contributed by atoms with Gasteiger partial charge in [0.2, 0.25) is 6.79 Å². The molecule has 3 rings (SSSR count). The Kier molecular flexibility index (Phi) is 4.19. The molecule has 1 aliphatic rings. The van der Waals surface area contributed by atoms with Crippen LogP contribution in [0.15, 0.2) is 41.5 Å². The van der Waals surface area contributed by atoms with Gasteiger partial charge < -0.3 is 19.9 Å². The van der Waals surface area contributed by atoms with Crippen LogP contribution in [0.5, 0.6) is 23.0 Å². The predicted octanol–water partition coefficient (Wildman–Crippen LogP) is 2.69. The zero-order chi connectivity index (χ0) is 17.1. The van der Waals surface area contributed by atoms with Crippen LogP contribution in [0, 0.1) is 5.82 Å². The van der Waals surface area contributed by atoms with Crippen LogP contribution in [0.3, 0.4) is 0 Å². The van der Waals surface area contributed by atoms with E-state index in [2.05, 4.69) is 5.10 Å². The lowest BCUT2D eigenvalue weighted by molar-refractivity contribution is 0.174. The van der Waals surface area contributed by atoms with Crippen LogP contribution in [-0.4, -0.2) is 31.1 Å². The lowest BCUT2D eigenvalue weighted by Crippen LogP contribution is -2.27. The second kappa shape index (κ2) is 6.45. The van der Waals surface area contributed by atoms with Gasteiger partial charge in [-0.15, -0.1) is 0 Å². The lowest BCUT2D eigenvalue weighted by atomic mass is 10.2. The van der Waals surface area contributed by atoms with Gasteiger partial charge in [0.15, 0.2) is 23.1 Å². The molecule has 0 radical (unpaired) electrons. The van der Waals surface area contributed by atoms with Gasteiger partial charge in [-0.2, -0.15) is 5.10 Å². The molecular formula is C16H14FN3O4. The first-order valence-electron chi connectivity index (χ1n) is 6.97. The minimum atomic E-state index is -0.713. The van der Waals surface area contributed by atoms with E-state index in [1.807, 2.05) is 0 Å². The smallest absolute Gasteiger partial charge is 0.334 e. The molecule has 1 heterocycles. The van der Waals surface area contributed by atoms with Gasteiger partial charge in [0.25, 0.3) is 0 Å². The molecule has 0 unspecified atom stereocenters. The van der Waals surface area contributed by atoms with Crippen LogP contribution in [0.25, 0.3) is 0 Å². The number of nitrogens with zero attached hydrogens (tertiary/aromatic N) is 2. The molecule has 124 valence electrons. The molecular weight excluding hydrogens is 317 g/mol. The number of hydrazone groups is 1. The Morgan fingerprint density at radius 2 is 2.08 bits per heavy atom. The van der Waals surface area contributed by atoms with E-state index < -0.39 is 11.8 Å². The molecule has 0 atom stereocenters. The summed E-state index contributed by atoms with van der Waals surface area (Å²) in [5.74, 6) is 1.07. The molecule has 1 aliphatic heterocycles. The number of nitrogens with two attached hydrogens (primary N) is 1. The number of halogens is 1. The fourth-order valence-electron chi connectivity index (χ4n) is 1.96. The quantitative estimate of drug-likeness (QED) is 0.689. The van der Waals surface area contributed by atoms with Crippen molar-refractivity contribution in [2.75, 3.05) is 13.8 Å². The summed E-state index contributed by atoms with van der Waals surface area (Å²) < 4.78 is 30.1. The number of benzene rings is 2. The van der Waals surface area contributed by atoms with Crippen molar-refractivity contribution in [1.82, 2.24) is 5.01 Å². The summed E-state index contributed by atoms with van der Waals surface area (Å²) in [6, 6.07) is 8.56. The van der Waals surface area contributed by atoms with Crippen molar-refractivity contribution in [2.24, 2.45) is 10.8 Å².